The first-order chi connectivity index (χ1) is 19.6. The van der Waals surface area contributed by atoms with Crippen LogP contribution in [0.3, 0.4) is 0 Å². The van der Waals surface area contributed by atoms with Gasteiger partial charge in [-0.1, -0.05) is 102 Å². The third-order valence-electron chi connectivity index (χ3n) is 9.39. The van der Waals surface area contributed by atoms with E-state index in [1.807, 2.05) is 0 Å². The molecule has 2 nitrogen and oxygen atoms in total. The molecule has 40 heavy (non-hydrogen) atoms. The van der Waals surface area contributed by atoms with E-state index in [1.165, 1.54) is 143 Å². The molecule has 0 unspecified atom stereocenters. The van der Waals surface area contributed by atoms with Crippen LogP contribution in [0.4, 0.5) is 0 Å². The highest BCUT2D eigenvalue weighted by molar-refractivity contribution is 6.20. The van der Waals surface area contributed by atoms with Crippen molar-refractivity contribution in [1.29, 1.82) is 0 Å². The molecular formula is C38H46N2. The van der Waals surface area contributed by atoms with Crippen LogP contribution in [0.1, 0.15) is 89.7 Å². The highest BCUT2D eigenvalue weighted by Crippen LogP contribution is 2.36. The molecule has 0 saturated heterocycles. The van der Waals surface area contributed by atoms with Crippen molar-refractivity contribution in [2.24, 2.45) is 14.1 Å². The Morgan fingerprint density at radius 1 is 0.475 bits per heavy atom. The molecule has 0 spiro atoms. The third kappa shape index (κ3) is 5.38. The minimum atomic E-state index is 1.18. The van der Waals surface area contributed by atoms with Crippen molar-refractivity contribution in [3.8, 4) is 0 Å². The fourth-order valence-corrected chi connectivity index (χ4v) is 6.92. The molecule has 0 aliphatic heterocycles. The summed E-state index contributed by atoms with van der Waals surface area (Å²) in [6.07, 6.45) is 20.2. The lowest BCUT2D eigenvalue weighted by Gasteiger charge is -2.10. The molecule has 2 heteroatoms. The number of rotatable bonds is 13. The Morgan fingerprint density at radius 3 is 1.65 bits per heavy atom. The summed E-state index contributed by atoms with van der Waals surface area (Å²) in [6.45, 7) is 2.30. The Hall–Kier alpha value is -3.26. The van der Waals surface area contributed by atoms with Crippen molar-refractivity contribution in [3.63, 3.8) is 0 Å². The summed E-state index contributed by atoms with van der Waals surface area (Å²) in [5.74, 6) is 0. The second kappa shape index (κ2) is 12.1. The van der Waals surface area contributed by atoms with Gasteiger partial charge in [0.1, 0.15) is 0 Å². The highest BCUT2D eigenvalue weighted by atomic mass is 14.9. The second-order valence-electron chi connectivity index (χ2n) is 12.3. The highest BCUT2D eigenvalue weighted by Gasteiger charge is 2.11. The fraction of sp³-hybridized carbons (Fsp3) is 0.421. The fourth-order valence-electron chi connectivity index (χ4n) is 6.92. The SMILES string of the molecule is CCCCCCCCCCCCCCc1cc2cc3ccc4c5cc6c(ccn6C)cc5ccc4c3cc2n1C. The average molecular weight is 531 g/mol. The molecule has 6 aromatic rings. The minimum Gasteiger partial charge on any atom is -0.351 e. The molecule has 2 heterocycles. The molecular weight excluding hydrogens is 484 g/mol. The summed E-state index contributed by atoms with van der Waals surface area (Å²) >= 11 is 0. The first kappa shape index (κ1) is 26.9. The maximum atomic E-state index is 2.45. The number of fused-ring (bicyclic) bond motifs is 7. The van der Waals surface area contributed by atoms with Crippen molar-refractivity contribution in [2.75, 3.05) is 0 Å². The van der Waals surface area contributed by atoms with Crippen LogP contribution in [-0.4, -0.2) is 9.13 Å². The topological polar surface area (TPSA) is 9.86 Å². The van der Waals surface area contributed by atoms with E-state index in [-0.39, 0.29) is 0 Å². The van der Waals surface area contributed by atoms with E-state index in [2.05, 4.69) is 97.0 Å². The number of aryl methyl sites for hydroxylation is 3. The van der Waals surface area contributed by atoms with Gasteiger partial charge in [0.15, 0.2) is 0 Å². The van der Waals surface area contributed by atoms with Crippen LogP contribution in [-0.2, 0) is 20.5 Å². The largest absolute Gasteiger partial charge is 0.351 e. The van der Waals surface area contributed by atoms with Gasteiger partial charge in [-0.25, -0.2) is 0 Å². The third-order valence-corrected chi connectivity index (χ3v) is 9.39. The Morgan fingerprint density at radius 2 is 1.02 bits per heavy atom. The molecule has 0 fully saturated rings. The predicted octanol–water partition coefficient (Wildman–Crippen LogP) is 11.4. The van der Waals surface area contributed by atoms with E-state index >= 15 is 0 Å². The Labute approximate surface area is 240 Å². The molecule has 0 bridgehead atoms. The predicted molar refractivity (Wildman–Crippen MR) is 177 cm³/mol. The van der Waals surface area contributed by atoms with Crippen LogP contribution >= 0.6 is 0 Å². The lowest BCUT2D eigenvalue weighted by Crippen LogP contribution is -1.96. The number of hydrogen-bond acceptors (Lipinski definition) is 0. The Bertz CT molecular complexity index is 1760. The van der Waals surface area contributed by atoms with Gasteiger partial charge in [-0.05, 0) is 81.6 Å². The van der Waals surface area contributed by atoms with Gasteiger partial charge < -0.3 is 9.13 Å². The quantitative estimate of drug-likeness (QED) is 0.104. The first-order valence-electron chi connectivity index (χ1n) is 16.0. The molecule has 0 aliphatic rings. The number of nitrogens with zero attached hydrogens (tertiary/aromatic N) is 2. The molecule has 0 saturated carbocycles. The Balaban J connectivity index is 1.14. The zero-order valence-electron chi connectivity index (χ0n) is 24.9. The van der Waals surface area contributed by atoms with E-state index in [0.29, 0.717) is 0 Å². The normalized spacial score (nSPS) is 12.2. The Kier molecular flexibility index (Phi) is 8.14. The molecule has 208 valence electrons. The molecule has 4 aromatic carbocycles. The van der Waals surface area contributed by atoms with E-state index in [0.717, 1.165) is 0 Å². The average Bonchev–Trinajstić information content (AvgIpc) is 3.49. The number of hydrogen-bond donors (Lipinski definition) is 0. The standard InChI is InChI=1S/C38H46N2/c1-4-5-6-7-8-9-10-11-12-13-14-15-16-32-25-31-24-29-18-20-33-34(36(29)27-38(31)40(32)3)19-17-28-23-30-21-22-39(2)37(30)26-35(28)33/h17-27H,4-16H2,1-3H3. The zero-order valence-corrected chi connectivity index (χ0v) is 24.9. The number of aromatic nitrogens is 2. The molecule has 0 aliphatic carbocycles. The van der Waals surface area contributed by atoms with Gasteiger partial charge in [0.05, 0.1) is 0 Å². The van der Waals surface area contributed by atoms with Crippen molar-refractivity contribution in [1.82, 2.24) is 9.13 Å². The maximum absolute atomic E-state index is 2.45. The van der Waals surface area contributed by atoms with Crippen molar-refractivity contribution in [3.05, 3.63) is 72.6 Å². The summed E-state index contributed by atoms with van der Waals surface area (Å²) in [4.78, 5) is 0. The summed E-state index contributed by atoms with van der Waals surface area (Å²) in [6, 6.07) is 23.5. The van der Waals surface area contributed by atoms with E-state index in [9.17, 15) is 0 Å². The smallest absolute Gasteiger partial charge is 0.0486 e. The maximum Gasteiger partial charge on any atom is 0.0486 e. The lowest BCUT2D eigenvalue weighted by atomic mass is 9.95. The van der Waals surface area contributed by atoms with Crippen LogP contribution in [0.25, 0.3) is 54.1 Å². The van der Waals surface area contributed by atoms with Crippen molar-refractivity contribution >= 4 is 54.1 Å². The summed E-state index contributed by atoms with van der Waals surface area (Å²) in [5.41, 5.74) is 4.12. The van der Waals surface area contributed by atoms with Gasteiger partial charge in [-0.3, -0.25) is 0 Å². The lowest BCUT2D eigenvalue weighted by molar-refractivity contribution is 0.542. The second-order valence-corrected chi connectivity index (χ2v) is 12.3. The first-order valence-corrected chi connectivity index (χ1v) is 16.0. The van der Waals surface area contributed by atoms with Crippen molar-refractivity contribution < 1.29 is 0 Å². The van der Waals surface area contributed by atoms with Crippen LogP contribution < -0.4 is 0 Å². The van der Waals surface area contributed by atoms with E-state index < -0.39 is 0 Å². The van der Waals surface area contributed by atoms with Crippen LogP contribution in [0.2, 0.25) is 0 Å². The minimum absolute atomic E-state index is 1.18. The van der Waals surface area contributed by atoms with Gasteiger partial charge >= 0.3 is 0 Å². The summed E-state index contributed by atoms with van der Waals surface area (Å²) < 4.78 is 4.67. The molecule has 0 amide bonds. The van der Waals surface area contributed by atoms with Crippen LogP contribution in [0.5, 0.6) is 0 Å². The molecule has 0 radical (unpaired) electrons. The van der Waals surface area contributed by atoms with Gasteiger partial charge in [0.25, 0.3) is 0 Å². The van der Waals surface area contributed by atoms with Crippen LogP contribution in [0.15, 0.2) is 66.9 Å². The monoisotopic (exact) mass is 530 g/mol. The number of benzene rings is 4. The van der Waals surface area contributed by atoms with E-state index in [4.69, 9.17) is 0 Å². The van der Waals surface area contributed by atoms with Gasteiger partial charge in [-0.15, -0.1) is 0 Å². The van der Waals surface area contributed by atoms with Crippen LogP contribution in [0, 0.1) is 0 Å². The van der Waals surface area contributed by atoms with Gasteiger partial charge in [0.2, 0.25) is 0 Å². The van der Waals surface area contributed by atoms with Gasteiger partial charge in [0, 0.05) is 47.8 Å². The van der Waals surface area contributed by atoms with Crippen molar-refractivity contribution in [2.45, 2.75) is 90.4 Å². The molecule has 2 aromatic heterocycles. The number of unbranched alkanes of at least 4 members (excludes halogenated alkanes) is 11. The summed E-state index contributed by atoms with van der Waals surface area (Å²) in [7, 11) is 4.40. The zero-order chi connectivity index (χ0) is 27.5. The molecule has 0 atom stereocenters. The molecule has 6 rings (SSSR count). The molecule has 0 N–H and O–H groups in total. The van der Waals surface area contributed by atoms with E-state index in [1.54, 1.807) is 0 Å². The van der Waals surface area contributed by atoms with Gasteiger partial charge in [-0.2, -0.15) is 0 Å². The summed E-state index contributed by atoms with van der Waals surface area (Å²) in [5, 5.41) is 10.7.